The third-order valence-electron chi connectivity index (χ3n) is 3.16. The molecule has 1 aliphatic rings. The second kappa shape index (κ2) is 6.34. The summed E-state index contributed by atoms with van der Waals surface area (Å²) in [6, 6.07) is 3.53. The van der Waals surface area contributed by atoms with E-state index in [1.807, 2.05) is 6.07 Å². The van der Waals surface area contributed by atoms with E-state index in [0.29, 0.717) is 11.3 Å². The predicted molar refractivity (Wildman–Crippen MR) is 67.0 cm³/mol. The van der Waals surface area contributed by atoms with E-state index in [0.717, 1.165) is 37.9 Å². The molecule has 1 aromatic heterocycles. The normalized spacial score (nSPS) is 21.6. The summed E-state index contributed by atoms with van der Waals surface area (Å²) in [5.74, 6) is 0. The maximum absolute atomic E-state index is 9.99. The third-order valence-corrected chi connectivity index (χ3v) is 3.37. The molecule has 2 rings (SSSR count). The maximum atomic E-state index is 9.99. The highest BCUT2D eigenvalue weighted by molar-refractivity contribution is 6.29. The van der Waals surface area contributed by atoms with E-state index in [9.17, 15) is 5.11 Å². The molecule has 17 heavy (non-hydrogen) atoms. The lowest BCUT2D eigenvalue weighted by atomic mass is 10.0. The molecule has 1 aromatic rings. The van der Waals surface area contributed by atoms with Gasteiger partial charge in [-0.25, -0.2) is 4.98 Å². The maximum Gasteiger partial charge on any atom is 0.129 e. The van der Waals surface area contributed by atoms with Crippen molar-refractivity contribution in [1.29, 1.82) is 0 Å². The van der Waals surface area contributed by atoms with Gasteiger partial charge in [-0.2, -0.15) is 0 Å². The quantitative estimate of drug-likeness (QED) is 0.822. The van der Waals surface area contributed by atoms with E-state index in [2.05, 4.69) is 4.98 Å². The van der Waals surface area contributed by atoms with Crippen molar-refractivity contribution in [3.8, 4) is 0 Å². The lowest BCUT2D eigenvalue weighted by Crippen LogP contribution is -2.06. The fourth-order valence-corrected chi connectivity index (χ4v) is 2.38. The first-order valence-electron chi connectivity index (χ1n) is 6.17. The Kier molecular flexibility index (Phi) is 4.77. The molecule has 2 atom stereocenters. The molecule has 1 N–H and O–H groups in total. The molecule has 0 aromatic carbocycles. The Morgan fingerprint density at radius 3 is 3.18 bits per heavy atom. The van der Waals surface area contributed by atoms with Gasteiger partial charge in [0.2, 0.25) is 0 Å². The Labute approximate surface area is 107 Å². The molecule has 1 aliphatic heterocycles. The topological polar surface area (TPSA) is 42.4 Å². The Morgan fingerprint density at radius 2 is 2.47 bits per heavy atom. The SMILES string of the molecule is OC(CCCC1CCCO1)c1ccnc(Cl)c1. The second-order valence-corrected chi connectivity index (χ2v) is 4.88. The van der Waals surface area contributed by atoms with Crippen LogP contribution in [0, 0.1) is 0 Å². The standard InChI is InChI=1S/C13H18ClNO2/c14-13-9-10(6-7-15-13)12(16)5-1-3-11-4-2-8-17-11/h6-7,9,11-12,16H,1-5,8H2. The van der Waals surface area contributed by atoms with Crippen LogP contribution in [0.5, 0.6) is 0 Å². The van der Waals surface area contributed by atoms with Crippen molar-refractivity contribution in [2.45, 2.75) is 44.3 Å². The zero-order valence-corrected chi connectivity index (χ0v) is 10.6. The summed E-state index contributed by atoms with van der Waals surface area (Å²) in [7, 11) is 0. The molecule has 2 unspecified atom stereocenters. The Bertz CT molecular complexity index is 353. The number of hydrogen-bond donors (Lipinski definition) is 1. The molecule has 0 aliphatic carbocycles. The zero-order chi connectivity index (χ0) is 12.1. The molecule has 0 amide bonds. The van der Waals surface area contributed by atoms with Gasteiger partial charge < -0.3 is 9.84 Å². The van der Waals surface area contributed by atoms with Gasteiger partial charge in [0, 0.05) is 12.8 Å². The average molecular weight is 256 g/mol. The minimum Gasteiger partial charge on any atom is -0.388 e. The summed E-state index contributed by atoms with van der Waals surface area (Å²) in [6.07, 6.45) is 6.69. The summed E-state index contributed by atoms with van der Waals surface area (Å²) in [5.41, 5.74) is 0.845. The van der Waals surface area contributed by atoms with Gasteiger partial charge in [-0.3, -0.25) is 0 Å². The minimum absolute atomic E-state index is 0.406. The van der Waals surface area contributed by atoms with Gasteiger partial charge in [-0.1, -0.05) is 11.6 Å². The van der Waals surface area contributed by atoms with E-state index in [4.69, 9.17) is 16.3 Å². The highest BCUT2D eigenvalue weighted by atomic mass is 35.5. The molecular weight excluding hydrogens is 238 g/mol. The molecule has 94 valence electrons. The lowest BCUT2D eigenvalue weighted by molar-refractivity contribution is 0.0944. The fraction of sp³-hybridized carbons (Fsp3) is 0.615. The number of aliphatic hydroxyl groups excluding tert-OH is 1. The van der Waals surface area contributed by atoms with Crippen LogP contribution < -0.4 is 0 Å². The Hall–Kier alpha value is -0.640. The number of halogens is 1. The van der Waals surface area contributed by atoms with Crippen LogP contribution in [0.15, 0.2) is 18.3 Å². The molecular formula is C13H18ClNO2. The van der Waals surface area contributed by atoms with E-state index in [1.54, 1.807) is 12.3 Å². The summed E-state index contributed by atoms with van der Waals surface area (Å²) in [4.78, 5) is 3.90. The average Bonchev–Trinajstić information content (AvgIpc) is 2.82. The van der Waals surface area contributed by atoms with Gasteiger partial charge in [0.05, 0.1) is 12.2 Å². The number of aromatic nitrogens is 1. The van der Waals surface area contributed by atoms with Crippen molar-refractivity contribution < 1.29 is 9.84 Å². The molecule has 0 radical (unpaired) electrons. The predicted octanol–water partition coefficient (Wildman–Crippen LogP) is 3.12. The number of ether oxygens (including phenoxy) is 1. The molecule has 3 nitrogen and oxygen atoms in total. The molecule has 1 fully saturated rings. The molecule has 4 heteroatoms. The number of aliphatic hydroxyl groups is 1. The van der Waals surface area contributed by atoms with Crippen LogP contribution in [0.1, 0.15) is 43.8 Å². The van der Waals surface area contributed by atoms with Gasteiger partial charge >= 0.3 is 0 Å². The third kappa shape index (κ3) is 3.95. The Morgan fingerprint density at radius 1 is 1.59 bits per heavy atom. The van der Waals surface area contributed by atoms with E-state index >= 15 is 0 Å². The number of pyridine rings is 1. The fourth-order valence-electron chi connectivity index (χ4n) is 2.20. The van der Waals surface area contributed by atoms with E-state index < -0.39 is 6.10 Å². The smallest absolute Gasteiger partial charge is 0.129 e. The van der Waals surface area contributed by atoms with Crippen LogP contribution in [0.25, 0.3) is 0 Å². The van der Waals surface area contributed by atoms with Crippen molar-refractivity contribution in [1.82, 2.24) is 4.98 Å². The first-order valence-corrected chi connectivity index (χ1v) is 6.54. The summed E-state index contributed by atoms with van der Waals surface area (Å²) >= 11 is 5.78. The van der Waals surface area contributed by atoms with Crippen molar-refractivity contribution in [2.75, 3.05) is 6.61 Å². The molecule has 0 saturated carbocycles. The zero-order valence-electron chi connectivity index (χ0n) is 9.81. The number of rotatable bonds is 5. The van der Waals surface area contributed by atoms with Crippen LogP contribution in [0.2, 0.25) is 5.15 Å². The first-order chi connectivity index (χ1) is 8.25. The second-order valence-electron chi connectivity index (χ2n) is 4.49. The van der Waals surface area contributed by atoms with Gasteiger partial charge in [-0.15, -0.1) is 0 Å². The molecule has 0 bridgehead atoms. The van der Waals surface area contributed by atoms with Crippen LogP contribution >= 0.6 is 11.6 Å². The minimum atomic E-state index is -0.447. The van der Waals surface area contributed by atoms with Gasteiger partial charge in [-0.05, 0) is 49.8 Å². The van der Waals surface area contributed by atoms with Gasteiger partial charge in [0.25, 0.3) is 0 Å². The number of hydrogen-bond acceptors (Lipinski definition) is 3. The first kappa shape index (κ1) is 12.8. The summed E-state index contributed by atoms with van der Waals surface area (Å²) in [5, 5.41) is 10.4. The van der Waals surface area contributed by atoms with Crippen LogP contribution in [0.3, 0.4) is 0 Å². The number of nitrogens with zero attached hydrogens (tertiary/aromatic N) is 1. The highest BCUT2D eigenvalue weighted by Gasteiger charge is 2.16. The monoisotopic (exact) mass is 255 g/mol. The molecule has 1 saturated heterocycles. The van der Waals surface area contributed by atoms with Crippen molar-refractivity contribution in [3.63, 3.8) is 0 Å². The van der Waals surface area contributed by atoms with Crippen LogP contribution in [0.4, 0.5) is 0 Å². The molecule has 0 spiro atoms. The van der Waals surface area contributed by atoms with Crippen LogP contribution in [-0.4, -0.2) is 22.8 Å². The largest absolute Gasteiger partial charge is 0.388 e. The van der Waals surface area contributed by atoms with Crippen molar-refractivity contribution in [3.05, 3.63) is 29.0 Å². The van der Waals surface area contributed by atoms with Gasteiger partial charge in [0.15, 0.2) is 0 Å². The van der Waals surface area contributed by atoms with Crippen molar-refractivity contribution in [2.24, 2.45) is 0 Å². The Balaban J connectivity index is 1.74. The summed E-state index contributed by atoms with van der Waals surface area (Å²) < 4.78 is 5.55. The van der Waals surface area contributed by atoms with Gasteiger partial charge in [0.1, 0.15) is 5.15 Å². The van der Waals surface area contributed by atoms with E-state index in [1.165, 1.54) is 6.42 Å². The molecule has 2 heterocycles. The van der Waals surface area contributed by atoms with Crippen molar-refractivity contribution >= 4 is 11.6 Å². The summed E-state index contributed by atoms with van der Waals surface area (Å²) in [6.45, 7) is 0.896. The lowest BCUT2D eigenvalue weighted by Gasteiger charge is -2.13. The van der Waals surface area contributed by atoms with E-state index in [-0.39, 0.29) is 0 Å². The van der Waals surface area contributed by atoms with Crippen LogP contribution in [-0.2, 0) is 4.74 Å². The highest BCUT2D eigenvalue weighted by Crippen LogP contribution is 2.23.